The number of thioether (sulfide) groups is 1. The Morgan fingerprint density at radius 3 is 2.78 bits per heavy atom. The van der Waals surface area contributed by atoms with Crippen LogP contribution in [-0.4, -0.2) is 62.3 Å². The van der Waals surface area contributed by atoms with Crippen LogP contribution in [0.1, 0.15) is 5.56 Å². The van der Waals surface area contributed by atoms with Crippen LogP contribution in [0.2, 0.25) is 0 Å². The second kappa shape index (κ2) is 10.3. The Hall–Kier alpha value is -2.72. The molecule has 10 heteroatoms. The third-order valence-corrected chi connectivity index (χ3v) is 5.96. The molecule has 8 nitrogen and oxygen atoms in total. The van der Waals surface area contributed by atoms with Crippen LogP contribution in [0.5, 0.6) is 0 Å². The molecule has 0 spiro atoms. The van der Waals surface area contributed by atoms with Gasteiger partial charge in [0.15, 0.2) is 0 Å². The van der Waals surface area contributed by atoms with Crippen LogP contribution in [0.4, 0.5) is 11.8 Å². The second-order valence-corrected chi connectivity index (χ2v) is 8.29. The van der Waals surface area contributed by atoms with Crippen LogP contribution < -0.4 is 10.6 Å². The van der Waals surface area contributed by atoms with Gasteiger partial charge in [-0.3, -0.25) is 4.90 Å². The zero-order valence-corrected chi connectivity index (χ0v) is 19.3. The summed E-state index contributed by atoms with van der Waals surface area (Å²) in [7, 11) is 0. The van der Waals surface area contributed by atoms with Crippen molar-refractivity contribution in [3.8, 4) is 11.3 Å². The molecule has 1 aromatic carbocycles. The van der Waals surface area contributed by atoms with Crippen LogP contribution in [-0.2, 0) is 6.54 Å². The van der Waals surface area contributed by atoms with Crippen molar-refractivity contribution in [2.75, 3.05) is 37.8 Å². The summed E-state index contributed by atoms with van der Waals surface area (Å²) in [6.07, 6.45) is 5.46. The molecule has 0 bridgehead atoms. The van der Waals surface area contributed by atoms with E-state index in [1.807, 2.05) is 30.7 Å². The first kappa shape index (κ1) is 22.5. The summed E-state index contributed by atoms with van der Waals surface area (Å²) < 4.78 is 0. The third-order valence-electron chi connectivity index (χ3n) is 5.32. The fourth-order valence-corrected chi connectivity index (χ4v) is 4.11. The first-order chi connectivity index (χ1) is 15.3. The average molecular weight is 469 g/mol. The quantitative estimate of drug-likeness (QED) is 0.291. The van der Waals surface area contributed by atoms with Crippen LogP contribution in [0.3, 0.4) is 0 Å². The van der Waals surface area contributed by atoms with Crippen molar-refractivity contribution in [2.45, 2.75) is 11.6 Å². The SMILES string of the molecule is CSc1cc(-c2ccc3nc(Nc4cc(CN5CCNCC5)ccn4)[nH]c3c2)ncn1.Cl. The van der Waals surface area contributed by atoms with Gasteiger partial charge < -0.3 is 15.6 Å². The van der Waals surface area contributed by atoms with E-state index in [4.69, 9.17) is 0 Å². The highest BCUT2D eigenvalue weighted by Crippen LogP contribution is 2.25. The number of aromatic amines is 1. The van der Waals surface area contributed by atoms with E-state index in [2.05, 4.69) is 58.7 Å². The molecule has 0 unspecified atom stereocenters. The van der Waals surface area contributed by atoms with Crippen LogP contribution >= 0.6 is 24.2 Å². The van der Waals surface area contributed by atoms with Crippen molar-refractivity contribution >= 4 is 47.0 Å². The summed E-state index contributed by atoms with van der Waals surface area (Å²) in [6.45, 7) is 5.17. The molecule has 166 valence electrons. The Morgan fingerprint density at radius 2 is 1.94 bits per heavy atom. The van der Waals surface area contributed by atoms with Crippen LogP contribution in [0.15, 0.2) is 53.9 Å². The van der Waals surface area contributed by atoms with E-state index in [9.17, 15) is 0 Å². The largest absolute Gasteiger partial charge is 0.324 e. The summed E-state index contributed by atoms with van der Waals surface area (Å²) in [5.41, 5.74) is 5.00. The van der Waals surface area contributed by atoms with Crippen molar-refractivity contribution in [2.24, 2.45) is 0 Å². The zero-order chi connectivity index (χ0) is 21.0. The lowest BCUT2D eigenvalue weighted by Gasteiger charge is -2.27. The number of imidazole rings is 1. The van der Waals surface area contributed by atoms with E-state index in [0.717, 1.165) is 65.9 Å². The highest BCUT2D eigenvalue weighted by Gasteiger charge is 2.11. The predicted octanol–water partition coefficient (Wildman–Crippen LogP) is 3.71. The molecule has 1 saturated heterocycles. The topological polar surface area (TPSA) is 94.7 Å². The monoisotopic (exact) mass is 468 g/mol. The molecule has 0 atom stereocenters. The summed E-state index contributed by atoms with van der Waals surface area (Å²) in [5, 5.41) is 7.65. The average Bonchev–Trinajstić information content (AvgIpc) is 3.21. The predicted molar refractivity (Wildman–Crippen MR) is 132 cm³/mol. The lowest BCUT2D eigenvalue weighted by Crippen LogP contribution is -2.42. The minimum atomic E-state index is 0. The fraction of sp³-hybridized carbons (Fsp3) is 0.273. The Kier molecular flexibility index (Phi) is 7.21. The lowest BCUT2D eigenvalue weighted by molar-refractivity contribution is 0.233. The molecule has 32 heavy (non-hydrogen) atoms. The lowest BCUT2D eigenvalue weighted by atomic mass is 10.1. The van der Waals surface area contributed by atoms with Gasteiger partial charge in [0, 0.05) is 44.5 Å². The first-order valence-corrected chi connectivity index (χ1v) is 11.5. The number of hydrogen-bond acceptors (Lipinski definition) is 8. The van der Waals surface area contributed by atoms with Crippen molar-refractivity contribution < 1.29 is 0 Å². The zero-order valence-electron chi connectivity index (χ0n) is 17.7. The number of pyridine rings is 1. The molecule has 4 heterocycles. The number of fused-ring (bicyclic) bond motifs is 1. The standard InChI is InChI=1S/C22H24N8S.ClH/c1-31-21-12-18(25-14-26-21)16-2-3-17-19(11-16)28-22(27-17)29-20-10-15(4-5-24-20)13-30-8-6-23-7-9-30;/h2-5,10-12,14,23H,6-9,13H2,1H3,(H2,24,27,28,29);1H. The van der Waals surface area contributed by atoms with Gasteiger partial charge >= 0.3 is 0 Å². The van der Waals surface area contributed by atoms with Gasteiger partial charge in [-0.25, -0.2) is 19.9 Å². The molecule has 4 aromatic rings. The molecule has 0 saturated carbocycles. The van der Waals surface area contributed by atoms with E-state index in [1.54, 1.807) is 18.1 Å². The number of H-pyrrole nitrogens is 1. The Morgan fingerprint density at radius 1 is 1.06 bits per heavy atom. The number of anilines is 2. The summed E-state index contributed by atoms with van der Waals surface area (Å²) >= 11 is 1.60. The molecular formula is C22H25ClN8S. The molecule has 1 fully saturated rings. The minimum Gasteiger partial charge on any atom is -0.324 e. The first-order valence-electron chi connectivity index (χ1n) is 10.3. The number of aromatic nitrogens is 5. The number of piperazine rings is 1. The number of rotatable bonds is 6. The van der Waals surface area contributed by atoms with Gasteiger partial charge in [0.25, 0.3) is 0 Å². The Balaban J connectivity index is 0.00000245. The van der Waals surface area contributed by atoms with Crippen LogP contribution in [0, 0.1) is 0 Å². The Bertz CT molecular complexity index is 1190. The highest BCUT2D eigenvalue weighted by molar-refractivity contribution is 7.98. The summed E-state index contributed by atoms with van der Waals surface area (Å²) in [6, 6.07) is 12.3. The van der Waals surface area contributed by atoms with E-state index in [1.165, 1.54) is 5.56 Å². The van der Waals surface area contributed by atoms with Crippen molar-refractivity contribution in [3.63, 3.8) is 0 Å². The van der Waals surface area contributed by atoms with E-state index < -0.39 is 0 Å². The molecule has 3 N–H and O–H groups in total. The molecule has 0 aliphatic carbocycles. The number of nitrogens with zero attached hydrogens (tertiary/aromatic N) is 5. The Labute approximate surface area is 197 Å². The maximum atomic E-state index is 4.66. The summed E-state index contributed by atoms with van der Waals surface area (Å²) in [4.78, 5) is 23.6. The van der Waals surface area contributed by atoms with Gasteiger partial charge in [0.1, 0.15) is 12.1 Å². The molecule has 1 aliphatic rings. The summed E-state index contributed by atoms with van der Waals surface area (Å²) in [5.74, 6) is 1.46. The minimum absolute atomic E-state index is 0. The van der Waals surface area contributed by atoms with Crippen molar-refractivity contribution in [1.29, 1.82) is 0 Å². The second-order valence-electron chi connectivity index (χ2n) is 7.46. The van der Waals surface area contributed by atoms with Gasteiger partial charge in [0.2, 0.25) is 5.95 Å². The molecule has 0 radical (unpaired) electrons. The third kappa shape index (κ3) is 5.18. The van der Waals surface area contributed by atoms with Crippen molar-refractivity contribution in [1.82, 2.24) is 35.1 Å². The van der Waals surface area contributed by atoms with E-state index >= 15 is 0 Å². The maximum Gasteiger partial charge on any atom is 0.206 e. The molecule has 3 aromatic heterocycles. The number of nitrogens with one attached hydrogen (secondary N) is 3. The maximum absolute atomic E-state index is 4.66. The fourth-order valence-electron chi connectivity index (χ4n) is 3.73. The smallest absolute Gasteiger partial charge is 0.206 e. The van der Waals surface area contributed by atoms with Gasteiger partial charge in [0.05, 0.1) is 21.8 Å². The molecular weight excluding hydrogens is 444 g/mol. The molecule has 0 amide bonds. The van der Waals surface area contributed by atoms with E-state index in [-0.39, 0.29) is 12.4 Å². The number of halogens is 1. The normalized spacial score (nSPS) is 14.3. The van der Waals surface area contributed by atoms with Crippen molar-refractivity contribution in [3.05, 3.63) is 54.5 Å². The number of benzene rings is 1. The van der Waals surface area contributed by atoms with E-state index in [0.29, 0.717) is 5.95 Å². The molecule has 1 aliphatic heterocycles. The number of hydrogen-bond donors (Lipinski definition) is 3. The van der Waals surface area contributed by atoms with Gasteiger partial charge in [-0.15, -0.1) is 24.2 Å². The van der Waals surface area contributed by atoms with Gasteiger partial charge in [-0.05, 0) is 42.2 Å². The highest BCUT2D eigenvalue weighted by atomic mass is 35.5. The van der Waals surface area contributed by atoms with Gasteiger partial charge in [-0.2, -0.15) is 0 Å². The van der Waals surface area contributed by atoms with Crippen LogP contribution in [0.25, 0.3) is 22.3 Å². The van der Waals surface area contributed by atoms with Gasteiger partial charge in [-0.1, -0.05) is 6.07 Å². The molecule has 5 rings (SSSR count).